The van der Waals surface area contributed by atoms with Crippen LogP contribution in [0.3, 0.4) is 0 Å². The monoisotopic (exact) mass is 343 g/mol. The fourth-order valence-corrected chi connectivity index (χ4v) is 3.66. The molecule has 1 heterocycles. The summed E-state index contributed by atoms with van der Waals surface area (Å²) in [4.78, 5) is 23.6. The third kappa shape index (κ3) is 3.87. The Hall–Kier alpha value is -1.40. The van der Waals surface area contributed by atoms with Crippen LogP contribution in [0.4, 0.5) is 0 Å². The maximum atomic E-state index is 12.1. The smallest absolute Gasteiger partial charge is 0.329 e. The Labute approximate surface area is 138 Å². The quantitative estimate of drug-likeness (QED) is 0.859. The zero-order valence-electron chi connectivity index (χ0n) is 12.2. The van der Waals surface area contributed by atoms with Crippen LogP contribution in [0.5, 0.6) is 5.75 Å². The first kappa shape index (κ1) is 17.0. The van der Waals surface area contributed by atoms with Crippen LogP contribution in [0, 0.1) is 6.92 Å². The molecule has 1 amide bonds. The van der Waals surface area contributed by atoms with Gasteiger partial charge in [-0.15, -0.1) is 0 Å². The van der Waals surface area contributed by atoms with Crippen molar-refractivity contribution in [2.24, 2.45) is 0 Å². The molecule has 1 aliphatic heterocycles. The Kier molecular flexibility index (Phi) is 5.58. The SMILES string of the molecule is Cc1c(Cl)cccc1OCC(=O)NC1(C(=O)O)CCSCC1. The van der Waals surface area contributed by atoms with Gasteiger partial charge in [0.2, 0.25) is 0 Å². The summed E-state index contributed by atoms with van der Waals surface area (Å²) >= 11 is 7.68. The topological polar surface area (TPSA) is 75.6 Å². The molecule has 1 saturated heterocycles. The van der Waals surface area contributed by atoms with Crippen molar-refractivity contribution in [1.29, 1.82) is 0 Å². The van der Waals surface area contributed by atoms with Crippen molar-refractivity contribution in [3.05, 3.63) is 28.8 Å². The second kappa shape index (κ2) is 7.24. The molecular formula is C15H18ClNO4S. The van der Waals surface area contributed by atoms with Crippen LogP contribution < -0.4 is 10.1 Å². The molecule has 1 aliphatic rings. The Morgan fingerprint density at radius 1 is 1.41 bits per heavy atom. The van der Waals surface area contributed by atoms with Gasteiger partial charge < -0.3 is 15.2 Å². The lowest BCUT2D eigenvalue weighted by Gasteiger charge is -2.33. The van der Waals surface area contributed by atoms with Crippen LogP contribution in [0.1, 0.15) is 18.4 Å². The van der Waals surface area contributed by atoms with Gasteiger partial charge in [-0.1, -0.05) is 17.7 Å². The molecule has 1 fully saturated rings. The number of carboxylic acids is 1. The molecular weight excluding hydrogens is 326 g/mol. The number of hydrogen-bond acceptors (Lipinski definition) is 4. The molecule has 1 aromatic carbocycles. The number of thioether (sulfide) groups is 1. The van der Waals surface area contributed by atoms with E-state index in [0.29, 0.717) is 23.6 Å². The van der Waals surface area contributed by atoms with Crippen molar-refractivity contribution in [2.75, 3.05) is 18.1 Å². The summed E-state index contributed by atoms with van der Waals surface area (Å²) in [5.74, 6) is 0.543. The number of benzene rings is 1. The molecule has 2 N–H and O–H groups in total. The van der Waals surface area contributed by atoms with E-state index >= 15 is 0 Å². The molecule has 0 bridgehead atoms. The number of ether oxygens (including phenoxy) is 1. The van der Waals surface area contributed by atoms with Gasteiger partial charge in [-0.2, -0.15) is 11.8 Å². The first-order valence-corrected chi connectivity index (χ1v) is 8.48. The minimum Gasteiger partial charge on any atom is -0.483 e. The van der Waals surface area contributed by atoms with Gasteiger partial charge in [0, 0.05) is 10.6 Å². The first-order chi connectivity index (χ1) is 10.4. The lowest BCUT2D eigenvalue weighted by atomic mass is 9.92. The molecule has 0 radical (unpaired) electrons. The highest BCUT2D eigenvalue weighted by Gasteiger charge is 2.41. The van der Waals surface area contributed by atoms with Gasteiger partial charge in [0.1, 0.15) is 11.3 Å². The minimum atomic E-state index is -1.17. The zero-order valence-corrected chi connectivity index (χ0v) is 13.8. The Bertz CT molecular complexity index is 573. The normalized spacial score (nSPS) is 16.8. The van der Waals surface area contributed by atoms with Gasteiger partial charge in [-0.05, 0) is 43.4 Å². The molecule has 0 atom stereocenters. The van der Waals surface area contributed by atoms with Crippen molar-refractivity contribution in [3.63, 3.8) is 0 Å². The molecule has 7 heteroatoms. The summed E-state index contributed by atoms with van der Waals surface area (Å²) in [5, 5.41) is 12.6. The Morgan fingerprint density at radius 3 is 2.73 bits per heavy atom. The number of halogens is 1. The predicted octanol–water partition coefficient (Wildman–Crippen LogP) is 2.49. The number of amides is 1. The molecule has 120 valence electrons. The van der Waals surface area contributed by atoms with E-state index in [0.717, 1.165) is 17.1 Å². The van der Waals surface area contributed by atoms with Crippen molar-refractivity contribution in [1.82, 2.24) is 5.32 Å². The summed E-state index contributed by atoms with van der Waals surface area (Å²) in [6.45, 7) is 1.57. The molecule has 22 heavy (non-hydrogen) atoms. The molecule has 0 unspecified atom stereocenters. The van der Waals surface area contributed by atoms with Crippen LogP contribution in [-0.4, -0.2) is 40.6 Å². The van der Waals surface area contributed by atoms with Gasteiger partial charge in [-0.25, -0.2) is 4.79 Å². The van der Waals surface area contributed by atoms with E-state index in [-0.39, 0.29) is 6.61 Å². The maximum Gasteiger partial charge on any atom is 0.329 e. The van der Waals surface area contributed by atoms with E-state index in [4.69, 9.17) is 16.3 Å². The number of rotatable bonds is 5. The Morgan fingerprint density at radius 2 is 2.09 bits per heavy atom. The van der Waals surface area contributed by atoms with Gasteiger partial charge in [-0.3, -0.25) is 4.79 Å². The highest BCUT2D eigenvalue weighted by molar-refractivity contribution is 7.99. The fourth-order valence-electron chi connectivity index (χ4n) is 2.30. The highest BCUT2D eigenvalue weighted by Crippen LogP contribution is 2.28. The fraction of sp³-hybridized carbons (Fsp3) is 0.467. The van der Waals surface area contributed by atoms with Crippen LogP contribution in [0.25, 0.3) is 0 Å². The van der Waals surface area contributed by atoms with Crippen molar-refractivity contribution < 1.29 is 19.4 Å². The van der Waals surface area contributed by atoms with Crippen LogP contribution in [0.2, 0.25) is 5.02 Å². The second-order valence-corrected chi connectivity index (χ2v) is 6.83. The van der Waals surface area contributed by atoms with E-state index < -0.39 is 17.4 Å². The molecule has 0 aliphatic carbocycles. The lowest BCUT2D eigenvalue weighted by molar-refractivity contribution is -0.148. The first-order valence-electron chi connectivity index (χ1n) is 6.95. The van der Waals surface area contributed by atoms with Crippen molar-refractivity contribution >= 4 is 35.2 Å². The van der Waals surface area contributed by atoms with E-state index in [1.54, 1.807) is 36.9 Å². The molecule has 5 nitrogen and oxygen atoms in total. The second-order valence-electron chi connectivity index (χ2n) is 5.20. The molecule has 1 aromatic rings. The number of aliphatic carboxylic acids is 1. The largest absolute Gasteiger partial charge is 0.483 e. The minimum absolute atomic E-state index is 0.233. The summed E-state index contributed by atoms with van der Waals surface area (Å²) < 4.78 is 5.45. The maximum absolute atomic E-state index is 12.1. The van der Waals surface area contributed by atoms with E-state index in [1.807, 2.05) is 0 Å². The predicted molar refractivity (Wildman–Crippen MR) is 86.8 cm³/mol. The van der Waals surface area contributed by atoms with Gasteiger partial charge in [0.25, 0.3) is 5.91 Å². The van der Waals surface area contributed by atoms with E-state index in [2.05, 4.69) is 5.32 Å². The average Bonchev–Trinajstić information content (AvgIpc) is 2.49. The van der Waals surface area contributed by atoms with Crippen LogP contribution in [-0.2, 0) is 9.59 Å². The molecule has 0 saturated carbocycles. The standard InChI is InChI=1S/C15H18ClNO4S/c1-10-11(16)3-2-4-12(10)21-9-13(18)17-15(14(19)20)5-7-22-8-6-15/h2-4H,5-9H2,1H3,(H,17,18)(H,19,20). The van der Waals surface area contributed by atoms with Gasteiger partial charge >= 0.3 is 5.97 Å². The molecule has 2 rings (SSSR count). The number of nitrogens with one attached hydrogen (secondary N) is 1. The average molecular weight is 344 g/mol. The Balaban J connectivity index is 1.97. The lowest BCUT2D eigenvalue weighted by Crippen LogP contribution is -2.57. The summed E-state index contributed by atoms with van der Waals surface area (Å²) in [5.41, 5.74) is -0.423. The summed E-state index contributed by atoms with van der Waals surface area (Å²) in [6, 6.07) is 5.20. The van der Waals surface area contributed by atoms with Crippen molar-refractivity contribution in [2.45, 2.75) is 25.3 Å². The van der Waals surface area contributed by atoms with Crippen LogP contribution >= 0.6 is 23.4 Å². The van der Waals surface area contributed by atoms with Gasteiger partial charge in [0.05, 0.1) is 0 Å². The third-order valence-corrected chi connectivity index (χ3v) is 5.11. The van der Waals surface area contributed by atoms with Gasteiger partial charge in [0.15, 0.2) is 6.61 Å². The summed E-state index contributed by atoms with van der Waals surface area (Å²) in [7, 11) is 0. The molecule has 0 spiro atoms. The number of carbonyl (C=O) groups is 2. The number of carboxylic acid groups (broad SMARTS) is 1. The zero-order chi connectivity index (χ0) is 16.2. The highest BCUT2D eigenvalue weighted by atomic mass is 35.5. The van der Waals surface area contributed by atoms with Crippen molar-refractivity contribution in [3.8, 4) is 5.75 Å². The van der Waals surface area contributed by atoms with E-state index in [1.165, 1.54) is 0 Å². The number of hydrogen-bond donors (Lipinski definition) is 2. The van der Waals surface area contributed by atoms with E-state index in [9.17, 15) is 14.7 Å². The van der Waals surface area contributed by atoms with Crippen LogP contribution in [0.15, 0.2) is 18.2 Å². The summed E-state index contributed by atoms with van der Waals surface area (Å²) in [6.07, 6.45) is 0.851. The third-order valence-electron chi connectivity index (χ3n) is 3.71. The molecule has 0 aromatic heterocycles. The number of carbonyl (C=O) groups excluding carboxylic acids is 1.